The van der Waals surface area contributed by atoms with Crippen molar-refractivity contribution in [2.45, 2.75) is 24.5 Å². The molecule has 2 fully saturated rings. The van der Waals surface area contributed by atoms with E-state index in [-0.39, 0.29) is 24.2 Å². The standard InChI is InChI=1S/C15H20N2O4/c1-19-9-14(18)17-10-15(11-17)8-12(5-7-20-15)21-13-4-2-3-6-16-13/h2-4,6,12H,5,7-11H2,1H3/t12-/m1/s1. The van der Waals surface area contributed by atoms with E-state index >= 15 is 0 Å². The monoisotopic (exact) mass is 292 g/mol. The van der Waals surface area contributed by atoms with Crippen LogP contribution in [-0.2, 0) is 14.3 Å². The zero-order valence-corrected chi connectivity index (χ0v) is 12.2. The van der Waals surface area contributed by atoms with Crippen LogP contribution in [0.25, 0.3) is 0 Å². The van der Waals surface area contributed by atoms with Gasteiger partial charge >= 0.3 is 0 Å². The van der Waals surface area contributed by atoms with Crippen molar-refractivity contribution >= 4 is 5.91 Å². The molecule has 21 heavy (non-hydrogen) atoms. The van der Waals surface area contributed by atoms with E-state index in [9.17, 15) is 4.79 Å². The van der Waals surface area contributed by atoms with Crippen molar-refractivity contribution in [1.82, 2.24) is 9.88 Å². The number of pyridine rings is 1. The quantitative estimate of drug-likeness (QED) is 0.824. The van der Waals surface area contributed by atoms with Gasteiger partial charge in [0.1, 0.15) is 18.3 Å². The van der Waals surface area contributed by atoms with Crippen molar-refractivity contribution < 1.29 is 19.0 Å². The second-order valence-corrected chi connectivity index (χ2v) is 5.61. The lowest BCUT2D eigenvalue weighted by atomic mass is 9.84. The topological polar surface area (TPSA) is 60.9 Å². The highest BCUT2D eigenvalue weighted by Crippen LogP contribution is 2.35. The van der Waals surface area contributed by atoms with Crippen molar-refractivity contribution in [3.8, 4) is 5.88 Å². The first-order valence-corrected chi connectivity index (χ1v) is 7.19. The summed E-state index contributed by atoms with van der Waals surface area (Å²) in [5.41, 5.74) is -0.249. The number of hydrogen-bond acceptors (Lipinski definition) is 5. The van der Waals surface area contributed by atoms with Gasteiger partial charge in [-0.05, 0) is 6.07 Å². The van der Waals surface area contributed by atoms with Gasteiger partial charge < -0.3 is 19.1 Å². The maximum atomic E-state index is 11.7. The molecule has 1 amide bonds. The Morgan fingerprint density at radius 2 is 2.38 bits per heavy atom. The molecule has 0 unspecified atom stereocenters. The Labute approximate surface area is 124 Å². The molecule has 3 heterocycles. The fourth-order valence-corrected chi connectivity index (χ4v) is 2.93. The molecule has 2 aliphatic heterocycles. The Kier molecular flexibility index (Phi) is 4.07. The van der Waals surface area contributed by atoms with E-state index in [0.717, 1.165) is 12.8 Å². The van der Waals surface area contributed by atoms with Crippen molar-refractivity contribution in [2.24, 2.45) is 0 Å². The molecule has 6 nitrogen and oxygen atoms in total. The summed E-state index contributed by atoms with van der Waals surface area (Å²) in [6.45, 7) is 2.03. The van der Waals surface area contributed by atoms with Crippen LogP contribution in [0.3, 0.4) is 0 Å². The minimum atomic E-state index is -0.249. The molecule has 1 spiro atoms. The lowest BCUT2D eigenvalue weighted by Crippen LogP contribution is -2.68. The molecule has 0 bridgehead atoms. The highest BCUT2D eigenvalue weighted by atomic mass is 16.5. The number of nitrogens with zero attached hydrogens (tertiary/aromatic N) is 2. The molecule has 2 saturated heterocycles. The van der Waals surface area contributed by atoms with Crippen LogP contribution in [0, 0.1) is 0 Å². The first-order valence-electron chi connectivity index (χ1n) is 7.19. The fourth-order valence-electron chi connectivity index (χ4n) is 2.93. The minimum absolute atomic E-state index is 0.0134. The van der Waals surface area contributed by atoms with Crippen LogP contribution in [-0.4, -0.2) is 60.9 Å². The molecule has 1 aromatic heterocycles. The molecule has 0 N–H and O–H groups in total. The van der Waals surface area contributed by atoms with E-state index in [2.05, 4.69) is 4.98 Å². The fraction of sp³-hybridized carbons (Fsp3) is 0.600. The van der Waals surface area contributed by atoms with Crippen LogP contribution in [0.2, 0.25) is 0 Å². The predicted octanol–water partition coefficient (Wildman–Crippen LogP) is 0.867. The lowest BCUT2D eigenvalue weighted by molar-refractivity contribution is -0.195. The van der Waals surface area contributed by atoms with Crippen molar-refractivity contribution in [2.75, 3.05) is 33.4 Å². The van der Waals surface area contributed by atoms with Gasteiger partial charge in [-0.15, -0.1) is 0 Å². The minimum Gasteiger partial charge on any atom is -0.474 e. The Morgan fingerprint density at radius 3 is 3.10 bits per heavy atom. The molecule has 0 saturated carbocycles. The van der Waals surface area contributed by atoms with Gasteiger partial charge in [0.25, 0.3) is 0 Å². The van der Waals surface area contributed by atoms with Crippen LogP contribution in [0.5, 0.6) is 5.88 Å². The highest BCUT2D eigenvalue weighted by molar-refractivity contribution is 5.78. The number of carbonyl (C=O) groups excluding carboxylic acids is 1. The Morgan fingerprint density at radius 1 is 1.52 bits per heavy atom. The summed E-state index contributed by atoms with van der Waals surface area (Å²) in [5, 5.41) is 0. The molecule has 2 aliphatic rings. The third-order valence-electron chi connectivity index (χ3n) is 3.95. The number of likely N-dealkylation sites (tertiary alicyclic amines) is 1. The predicted molar refractivity (Wildman–Crippen MR) is 75.0 cm³/mol. The molecule has 1 atom stereocenters. The van der Waals surface area contributed by atoms with Crippen LogP contribution < -0.4 is 4.74 Å². The molecule has 0 radical (unpaired) electrons. The van der Waals surface area contributed by atoms with Crippen molar-refractivity contribution in [3.05, 3.63) is 24.4 Å². The van der Waals surface area contributed by atoms with Crippen LogP contribution in [0.15, 0.2) is 24.4 Å². The Balaban J connectivity index is 1.54. The SMILES string of the molecule is COCC(=O)N1CC2(C[C@H](Oc3ccccn3)CCO2)C1. The van der Waals surface area contributed by atoms with Gasteiger partial charge in [-0.3, -0.25) is 4.79 Å². The lowest BCUT2D eigenvalue weighted by Gasteiger charge is -2.52. The van der Waals surface area contributed by atoms with Gasteiger partial charge in [0.15, 0.2) is 0 Å². The normalized spacial score (nSPS) is 23.7. The zero-order valence-electron chi connectivity index (χ0n) is 12.2. The molecule has 0 aliphatic carbocycles. The van der Waals surface area contributed by atoms with Crippen LogP contribution in [0.4, 0.5) is 0 Å². The summed E-state index contributed by atoms with van der Waals surface area (Å²) >= 11 is 0. The summed E-state index contributed by atoms with van der Waals surface area (Å²) in [6.07, 6.45) is 3.46. The molecular formula is C15H20N2O4. The number of methoxy groups -OCH3 is 1. The molecule has 0 aromatic carbocycles. The van der Waals surface area contributed by atoms with Crippen molar-refractivity contribution in [3.63, 3.8) is 0 Å². The van der Waals surface area contributed by atoms with Gasteiger partial charge in [0.05, 0.1) is 19.7 Å². The maximum Gasteiger partial charge on any atom is 0.248 e. The first kappa shape index (κ1) is 14.3. The van der Waals surface area contributed by atoms with Gasteiger partial charge in [0, 0.05) is 32.2 Å². The third-order valence-corrected chi connectivity index (χ3v) is 3.95. The molecule has 3 rings (SSSR count). The van der Waals surface area contributed by atoms with E-state index in [1.165, 1.54) is 7.11 Å². The third kappa shape index (κ3) is 3.16. The summed E-state index contributed by atoms with van der Waals surface area (Å²) in [6, 6.07) is 5.63. The van der Waals surface area contributed by atoms with Gasteiger partial charge in [0.2, 0.25) is 11.8 Å². The number of ether oxygens (including phenoxy) is 3. The van der Waals surface area contributed by atoms with Gasteiger partial charge in [-0.1, -0.05) is 6.07 Å². The maximum absolute atomic E-state index is 11.7. The zero-order chi connectivity index (χ0) is 14.7. The molecular weight excluding hydrogens is 272 g/mol. The molecule has 1 aromatic rings. The average molecular weight is 292 g/mol. The Hall–Kier alpha value is -1.66. The highest BCUT2D eigenvalue weighted by Gasteiger charge is 2.49. The largest absolute Gasteiger partial charge is 0.474 e. The second kappa shape index (κ2) is 5.99. The molecule has 6 heteroatoms. The van der Waals surface area contributed by atoms with E-state index in [1.807, 2.05) is 18.2 Å². The first-order chi connectivity index (χ1) is 10.2. The number of rotatable bonds is 4. The van der Waals surface area contributed by atoms with E-state index in [0.29, 0.717) is 25.6 Å². The van der Waals surface area contributed by atoms with Crippen LogP contribution in [0.1, 0.15) is 12.8 Å². The Bertz CT molecular complexity index is 488. The van der Waals surface area contributed by atoms with E-state index < -0.39 is 0 Å². The summed E-state index contributed by atoms with van der Waals surface area (Å²) in [7, 11) is 1.53. The number of carbonyl (C=O) groups is 1. The second-order valence-electron chi connectivity index (χ2n) is 5.61. The van der Waals surface area contributed by atoms with E-state index in [4.69, 9.17) is 14.2 Å². The molecule has 114 valence electrons. The smallest absolute Gasteiger partial charge is 0.248 e. The number of amides is 1. The summed E-state index contributed by atoms with van der Waals surface area (Å²) < 4.78 is 16.7. The summed E-state index contributed by atoms with van der Waals surface area (Å²) in [5.74, 6) is 0.658. The summed E-state index contributed by atoms with van der Waals surface area (Å²) in [4.78, 5) is 17.7. The van der Waals surface area contributed by atoms with Gasteiger partial charge in [-0.25, -0.2) is 4.98 Å². The van der Waals surface area contributed by atoms with Gasteiger partial charge in [-0.2, -0.15) is 0 Å². The van der Waals surface area contributed by atoms with E-state index in [1.54, 1.807) is 11.1 Å². The average Bonchev–Trinajstić information content (AvgIpc) is 2.46. The number of aromatic nitrogens is 1. The van der Waals surface area contributed by atoms with Crippen molar-refractivity contribution in [1.29, 1.82) is 0 Å². The van der Waals surface area contributed by atoms with Crippen LogP contribution >= 0.6 is 0 Å². The number of hydrogen-bond donors (Lipinski definition) is 0.